The fourth-order valence-corrected chi connectivity index (χ4v) is 3.52. The van der Waals surface area contributed by atoms with Crippen LogP contribution in [0.15, 0.2) is 39.7 Å². The molecular formula is C12H11BrN2OSi. The quantitative estimate of drug-likeness (QED) is 0.739. The maximum Gasteiger partial charge on any atom is 0.137 e. The van der Waals surface area contributed by atoms with Gasteiger partial charge in [-0.2, -0.15) is 0 Å². The number of furan rings is 1. The minimum absolute atomic E-state index is 0.284. The molecule has 0 aliphatic rings. The average Bonchev–Trinajstić information content (AvgIpc) is 2.93. The molecule has 0 atom stereocenters. The normalized spacial score (nSPS) is 11.9. The molecule has 86 valence electrons. The molecule has 0 aliphatic carbocycles. The first-order chi connectivity index (χ1) is 8.29. The fourth-order valence-electron chi connectivity index (χ4n) is 2.10. The van der Waals surface area contributed by atoms with Crippen LogP contribution >= 0.6 is 15.9 Å². The van der Waals surface area contributed by atoms with Gasteiger partial charge in [0.15, 0.2) is 0 Å². The summed E-state index contributed by atoms with van der Waals surface area (Å²) in [4.78, 5) is 7.83. The van der Waals surface area contributed by atoms with Gasteiger partial charge in [0.05, 0.1) is 22.0 Å². The van der Waals surface area contributed by atoms with E-state index in [1.54, 1.807) is 12.5 Å². The van der Waals surface area contributed by atoms with Crippen LogP contribution in [0, 0.1) is 0 Å². The molecule has 0 unspecified atom stereocenters. The van der Waals surface area contributed by atoms with Crippen molar-refractivity contribution in [1.82, 2.24) is 9.97 Å². The first-order valence-electron chi connectivity index (χ1n) is 5.48. The first-order valence-corrected chi connectivity index (χ1v) is 8.39. The number of nitrogens with one attached hydrogen (secondary N) is 1. The van der Waals surface area contributed by atoms with Crippen molar-refractivity contribution in [2.75, 3.05) is 0 Å². The third-order valence-electron chi connectivity index (χ3n) is 2.86. The van der Waals surface area contributed by atoms with Crippen molar-refractivity contribution in [2.45, 2.75) is 6.55 Å². The smallest absolute Gasteiger partial charge is 0.137 e. The molecule has 0 amide bonds. The molecule has 3 aromatic heterocycles. The lowest BCUT2D eigenvalue weighted by molar-refractivity contribution is 0.568. The molecule has 5 heteroatoms. The Hall–Kier alpha value is -1.33. The summed E-state index contributed by atoms with van der Waals surface area (Å²) in [6, 6.07) is 4.10. The first kappa shape index (κ1) is 10.8. The molecule has 3 nitrogen and oxygen atoms in total. The van der Waals surface area contributed by atoms with Gasteiger partial charge < -0.3 is 9.40 Å². The highest BCUT2D eigenvalue weighted by Gasteiger charge is 2.14. The van der Waals surface area contributed by atoms with Gasteiger partial charge in [0.25, 0.3) is 0 Å². The van der Waals surface area contributed by atoms with Gasteiger partial charge >= 0.3 is 0 Å². The second-order valence-corrected chi connectivity index (χ2v) is 6.22. The number of pyridine rings is 1. The number of aromatic nitrogens is 2. The van der Waals surface area contributed by atoms with E-state index in [0.717, 1.165) is 21.1 Å². The van der Waals surface area contributed by atoms with Crippen LogP contribution in [0.3, 0.4) is 0 Å². The number of H-pyrrole nitrogens is 1. The second-order valence-electron chi connectivity index (χ2n) is 3.89. The van der Waals surface area contributed by atoms with Crippen LogP contribution in [-0.2, 0) is 0 Å². The number of nitrogens with zero attached hydrogens (tertiary/aromatic N) is 1. The van der Waals surface area contributed by atoms with E-state index in [9.17, 15) is 0 Å². The molecule has 0 bridgehead atoms. The second kappa shape index (κ2) is 4.16. The summed E-state index contributed by atoms with van der Waals surface area (Å²) in [7, 11) is -0.284. The van der Waals surface area contributed by atoms with Crippen LogP contribution in [0.5, 0.6) is 0 Å². The van der Waals surface area contributed by atoms with E-state index in [1.165, 1.54) is 10.9 Å². The monoisotopic (exact) mass is 306 g/mol. The maximum atomic E-state index is 5.19. The highest BCUT2D eigenvalue weighted by Crippen LogP contribution is 2.28. The highest BCUT2D eigenvalue weighted by atomic mass is 79.9. The van der Waals surface area contributed by atoms with Gasteiger partial charge in [0.1, 0.15) is 5.65 Å². The van der Waals surface area contributed by atoms with Crippen LogP contribution in [0.4, 0.5) is 0 Å². The summed E-state index contributed by atoms with van der Waals surface area (Å²) < 4.78 is 6.18. The van der Waals surface area contributed by atoms with E-state index in [1.807, 2.05) is 12.3 Å². The molecule has 0 saturated heterocycles. The van der Waals surface area contributed by atoms with E-state index in [-0.39, 0.29) is 9.52 Å². The molecule has 0 aromatic carbocycles. The fraction of sp³-hybridized carbons (Fsp3) is 0.0833. The van der Waals surface area contributed by atoms with E-state index in [4.69, 9.17) is 4.42 Å². The van der Waals surface area contributed by atoms with E-state index < -0.39 is 0 Å². The Kier molecular flexibility index (Phi) is 2.64. The van der Waals surface area contributed by atoms with Gasteiger partial charge in [0, 0.05) is 32.5 Å². The van der Waals surface area contributed by atoms with Crippen molar-refractivity contribution in [2.24, 2.45) is 0 Å². The van der Waals surface area contributed by atoms with E-state index in [2.05, 4.69) is 38.5 Å². The van der Waals surface area contributed by atoms with Crippen molar-refractivity contribution in [1.29, 1.82) is 0 Å². The third kappa shape index (κ3) is 1.75. The Morgan fingerprint density at radius 3 is 3.06 bits per heavy atom. The lowest BCUT2D eigenvalue weighted by Crippen LogP contribution is -2.13. The largest absolute Gasteiger partial charge is 0.472 e. The van der Waals surface area contributed by atoms with Gasteiger partial charge in [-0.1, -0.05) is 6.55 Å². The Morgan fingerprint density at radius 2 is 2.35 bits per heavy atom. The molecule has 3 heterocycles. The van der Waals surface area contributed by atoms with E-state index in [0.29, 0.717) is 0 Å². The zero-order chi connectivity index (χ0) is 11.8. The summed E-state index contributed by atoms with van der Waals surface area (Å²) in [5.41, 5.74) is 3.32. The van der Waals surface area contributed by atoms with Crippen molar-refractivity contribution >= 4 is 41.8 Å². The van der Waals surface area contributed by atoms with Crippen LogP contribution in [0.2, 0.25) is 6.55 Å². The van der Waals surface area contributed by atoms with Crippen molar-refractivity contribution in [3.05, 3.63) is 35.3 Å². The summed E-state index contributed by atoms with van der Waals surface area (Å²) in [5, 5.41) is 2.48. The Labute approximate surface area is 109 Å². The van der Waals surface area contributed by atoms with Crippen molar-refractivity contribution in [3.8, 4) is 11.1 Å². The molecule has 0 radical (unpaired) electrons. The van der Waals surface area contributed by atoms with Crippen molar-refractivity contribution < 1.29 is 4.42 Å². The predicted octanol–water partition coefficient (Wildman–Crippen LogP) is 2.43. The lowest BCUT2D eigenvalue weighted by atomic mass is 10.1. The summed E-state index contributed by atoms with van der Waals surface area (Å²) in [6.45, 7) is 2.27. The van der Waals surface area contributed by atoms with Crippen LogP contribution in [-0.4, -0.2) is 19.5 Å². The zero-order valence-corrected chi connectivity index (χ0v) is 12.3. The number of halogens is 1. The summed E-state index contributed by atoms with van der Waals surface area (Å²) in [5.74, 6) is 0. The number of hydrogen-bond acceptors (Lipinski definition) is 2. The molecule has 17 heavy (non-hydrogen) atoms. The van der Waals surface area contributed by atoms with Crippen LogP contribution in [0.25, 0.3) is 22.2 Å². The predicted molar refractivity (Wildman–Crippen MR) is 75.5 cm³/mol. The minimum atomic E-state index is -0.284. The minimum Gasteiger partial charge on any atom is -0.472 e. The van der Waals surface area contributed by atoms with Gasteiger partial charge in [0.2, 0.25) is 0 Å². The van der Waals surface area contributed by atoms with E-state index >= 15 is 0 Å². The Morgan fingerprint density at radius 1 is 1.47 bits per heavy atom. The molecular weight excluding hydrogens is 296 g/mol. The summed E-state index contributed by atoms with van der Waals surface area (Å²) >= 11 is 3.47. The zero-order valence-electron chi connectivity index (χ0n) is 9.33. The highest BCUT2D eigenvalue weighted by molar-refractivity contribution is 9.10. The topological polar surface area (TPSA) is 41.8 Å². The number of rotatable bonds is 2. The van der Waals surface area contributed by atoms with Gasteiger partial charge in [-0.25, -0.2) is 4.98 Å². The lowest BCUT2D eigenvalue weighted by Gasteiger charge is -1.98. The molecule has 3 rings (SSSR count). The van der Waals surface area contributed by atoms with Crippen molar-refractivity contribution in [3.63, 3.8) is 0 Å². The van der Waals surface area contributed by atoms with Crippen LogP contribution < -0.4 is 5.32 Å². The Bertz CT molecular complexity index is 661. The molecule has 0 aliphatic heterocycles. The van der Waals surface area contributed by atoms with Crippen LogP contribution in [0.1, 0.15) is 0 Å². The van der Waals surface area contributed by atoms with Gasteiger partial charge in [-0.3, -0.25) is 0 Å². The molecule has 0 saturated carbocycles. The number of hydrogen-bond donors (Lipinski definition) is 1. The molecule has 0 fully saturated rings. The maximum absolute atomic E-state index is 5.19. The third-order valence-corrected chi connectivity index (χ3v) is 4.53. The standard InChI is InChI=1S/C12H11BrN2OSi/c1-17-12-10(7-2-3-16-6-7)9-4-8(13)5-14-11(9)15-12/h2-6H,17H2,1H3,(H,14,15). The molecule has 0 spiro atoms. The molecule has 1 N–H and O–H groups in total. The summed E-state index contributed by atoms with van der Waals surface area (Å²) in [6.07, 6.45) is 5.32. The molecule has 3 aromatic rings. The average molecular weight is 307 g/mol. The number of fused-ring (bicyclic) bond motifs is 1. The van der Waals surface area contributed by atoms with Gasteiger partial charge in [-0.05, 0) is 28.1 Å². The SMILES string of the molecule is C[SiH2]c1[nH]c2ncc(Br)cc2c1-c1ccoc1. The Balaban J connectivity index is 2.37. The number of aromatic amines is 1. The van der Waals surface area contributed by atoms with Gasteiger partial charge in [-0.15, -0.1) is 0 Å².